The fourth-order valence-corrected chi connectivity index (χ4v) is 1.97. The van der Waals surface area contributed by atoms with Gasteiger partial charge in [-0.05, 0) is 31.1 Å². The van der Waals surface area contributed by atoms with Crippen LogP contribution in [-0.2, 0) is 4.79 Å². The van der Waals surface area contributed by atoms with Crippen molar-refractivity contribution in [3.05, 3.63) is 11.6 Å². The molecule has 0 bridgehead atoms. The average molecular weight is 194 g/mol. The van der Waals surface area contributed by atoms with E-state index in [1.165, 1.54) is 24.8 Å². The van der Waals surface area contributed by atoms with Crippen molar-refractivity contribution in [1.82, 2.24) is 0 Å². The second-order valence-electron chi connectivity index (χ2n) is 5.56. The maximum atomic E-state index is 11.7. The molecule has 0 fully saturated rings. The van der Waals surface area contributed by atoms with E-state index >= 15 is 0 Å². The second-order valence-corrected chi connectivity index (χ2v) is 5.56. The molecule has 1 heteroatoms. The molecule has 0 saturated carbocycles. The molecule has 0 saturated heterocycles. The third kappa shape index (κ3) is 4.59. The summed E-state index contributed by atoms with van der Waals surface area (Å²) in [6.45, 7) is 6.38. The molecule has 80 valence electrons. The molecule has 0 amide bonds. The average Bonchev–Trinajstić information content (AvgIpc) is 2.02. The predicted molar refractivity (Wildman–Crippen MR) is 60.2 cm³/mol. The monoisotopic (exact) mass is 194 g/mol. The number of allylic oxidation sites excluding steroid dienone is 2. The van der Waals surface area contributed by atoms with Gasteiger partial charge in [-0.2, -0.15) is 0 Å². The van der Waals surface area contributed by atoms with Gasteiger partial charge >= 0.3 is 0 Å². The minimum atomic E-state index is 0.145. The van der Waals surface area contributed by atoms with Crippen molar-refractivity contribution in [2.75, 3.05) is 0 Å². The summed E-state index contributed by atoms with van der Waals surface area (Å²) in [7, 11) is 0. The molecule has 0 atom stereocenters. The van der Waals surface area contributed by atoms with Crippen LogP contribution < -0.4 is 0 Å². The van der Waals surface area contributed by atoms with E-state index in [9.17, 15) is 4.79 Å². The number of hydrogen-bond donors (Lipinski definition) is 0. The summed E-state index contributed by atoms with van der Waals surface area (Å²) in [4.78, 5) is 11.7. The lowest BCUT2D eigenvalue weighted by molar-refractivity contribution is -0.120. The zero-order chi connectivity index (χ0) is 10.6. The highest BCUT2D eigenvalue weighted by atomic mass is 16.1. The molecule has 1 nitrogen and oxygen atoms in total. The van der Waals surface area contributed by atoms with Gasteiger partial charge in [0.2, 0.25) is 0 Å². The Labute approximate surface area is 87.6 Å². The number of rotatable bonds is 3. The van der Waals surface area contributed by atoms with Gasteiger partial charge in [-0.1, -0.05) is 32.4 Å². The van der Waals surface area contributed by atoms with Gasteiger partial charge < -0.3 is 0 Å². The smallest absolute Gasteiger partial charge is 0.137 e. The van der Waals surface area contributed by atoms with E-state index in [1.54, 1.807) is 0 Å². The van der Waals surface area contributed by atoms with Gasteiger partial charge in [0, 0.05) is 12.8 Å². The van der Waals surface area contributed by atoms with Crippen LogP contribution >= 0.6 is 0 Å². The van der Waals surface area contributed by atoms with Gasteiger partial charge in [0.1, 0.15) is 5.78 Å². The van der Waals surface area contributed by atoms with Crippen molar-refractivity contribution in [1.29, 1.82) is 0 Å². The number of carbonyl (C=O) groups is 1. The standard InChI is InChI=1S/C13H22O/c1-13(2,3)10-12(14)9-11-7-5-4-6-8-11/h7H,4-6,8-10H2,1-3H3. The summed E-state index contributed by atoms with van der Waals surface area (Å²) in [5.74, 6) is 0.408. The van der Waals surface area contributed by atoms with Crippen molar-refractivity contribution in [2.45, 2.75) is 59.3 Å². The van der Waals surface area contributed by atoms with Crippen LogP contribution in [0, 0.1) is 5.41 Å². The van der Waals surface area contributed by atoms with E-state index in [4.69, 9.17) is 0 Å². The Hall–Kier alpha value is -0.590. The van der Waals surface area contributed by atoms with E-state index in [0.29, 0.717) is 18.6 Å². The lowest BCUT2D eigenvalue weighted by Gasteiger charge is -2.18. The Morgan fingerprint density at radius 3 is 2.57 bits per heavy atom. The first-order valence-corrected chi connectivity index (χ1v) is 5.67. The van der Waals surface area contributed by atoms with Gasteiger partial charge in [0.15, 0.2) is 0 Å². The van der Waals surface area contributed by atoms with Crippen LogP contribution in [-0.4, -0.2) is 5.78 Å². The summed E-state index contributed by atoms with van der Waals surface area (Å²) >= 11 is 0. The number of hydrogen-bond acceptors (Lipinski definition) is 1. The van der Waals surface area contributed by atoms with Gasteiger partial charge in [-0.15, -0.1) is 0 Å². The predicted octanol–water partition coefficient (Wildman–Crippen LogP) is 3.88. The van der Waals surface area contributed by atoms with Crippen molar-refractivity contribution in [3.8, 4) is 0 Å². The fraction of sp³-hybridized carbons (Fsp3) is 0.769. The Balaban J connectivity index is 2.36. The lowest BCUT2D eigenvalue weighted by atomic mass is 9.86. The van der Waals surface area contributed by atoms with Crippen molar-refractivity contribution in [3.63, 3.8) is 0 Å². The van der Waals surface area contributed by atoms with Crippen LogP contribution in [0.4, 0.5) is 0 Å². The van der Waals surface area contributed by atoms with Crippen LogP contribution in [0.5, 0.6) is 0 Å². The largest absolute Gasteiger partial charge is 0.299 e. The van der Waals surface area contributed by atoms with Gasteiger partial charge in [0.05, 0.1) is 0 Å². The van der Waals surface area contributed by atoms with Gasteiger partial charge in [-0.3, -0.25) is 4.79 Å². The van der Waals surface area contributed by atoms with Crippen LogP contribution in [0.2, 0.25) is 0 Å². The molecule has 0 N–H and O–H groups in total. The summed E-state index contributed by atoms with van der Waals surface area (Å²) in [6.07, 6.45) is 8.59. The molecular weight excluding hydrogens is 172 g/mol. The van der Waals surface area contributed by atoms with Crippen molar-refractivity contribution >= 4 is 5.78 Å². The van der Waals surface area contributed by atoms with E-state index in [2.05, 4.69) is 26.8 Å². The van der Waals surface area contributed by atoms with Crippen molar-refractivity contribution in [2.24, 2.45) is 5.41 Å². The van der Waals surface area contributed by atoms with Crippen LogP contribution in [0.3, 0.4) is 0 Å². The second kappa shape index (κ2) is 4.77. The molecule has 0 aliphatic heterocycles. The molecule has 1 aliphatic rings. The third-order valence-corrected chi connectivity index (χ3v) is 2.54. The maximum absolute atomic E-state index is 11.7. The molecule has 0 radical (unpaired) electrons. The minimum Gasteiger partial charge on any atom is -0.299 e. The first kappa shape index (κ1) is 11.5. The quantitative estimate of drug-likeness (QED) is 0.623. The molecule has 0 unspecified atom stereocenters. The Morgan fingerprint density at radius 2 is 2.07 bits per heavy atom. The highest BCUT2D eigenvalue weighted by molar-refractivity contribution is 5.81. The summed E-state index contributed by atoms with van der Waals surface area (Å²) in [6, 6.07) is 0. The third-order valence-electron chi connectivity index (χ3n) is 2.54. The molecule has 0 aromatic heterocycles. The fourth-order valence-electron chi connectivity index (χ4n) is 1.97. The highest BCUT2D eigenvalue weighted by Gasteiger charge is 2.17. The van der Waals surface area contributed by atoms with E-state index in [0.717, 1.165) is 6.42 Å². The number of Topliss-reactive ketones (excluding diaryl/α,β-unsaturated/α-hetero) is 1. The lowest BCUT2D eigenvalue weighted by Crippen LogP contribution is -2.13. The van der Waals surface area contributed by atoms with Gasteiger partial charge in [0.25, 0.3) is 0 Å². The first-order valence-electron chi connectivity index (χ1n) is 5.67. The zero-order valence-corrected chi connectivity index (χ0v) is 9.73. The molecule has 1 aliphatic carbocycles. The molecule has 1 rings (SSSR count). The summed E-state index contributed by atoms with van der Waals surface area (Å²) < 4.78 is 0. The van der Waals surface area contributed by atoms with Gasteiger partial charge in [-0.25, -0.2) is 0 Å². The van der Waals surface area contributed by atoms with E-state index in [-0.39, 0.29) is 5.41 Å². The normalized spacial score (nSPS) is 17.8. The molecule has 0 aromatic carbocycles. The van der Waals surface area contributed by atoms with Crippen molar-refractivity contribution < 1.29 is 4.79 Å². The maximum Gasteiger partial charge on any atom is 0.137 e. The number of carbonyl (C=O) groups excluding carboxylic acids is 1. The Bertz CT molecular complexity index is 230. The molecule has 0 aromatic rings. The topological polar surface area (TPSA) is 17.1 Å². The van der Waals surface area contributed by atoms with E-state index in [1.807, 2.05) is 0 Å². The molecule has 0 spiro atoms. The highest BCUT2D eigenvalue weighted by Crippen LogP contribution is 2.24. The SMILES string of the molecule is CC(C)(C)CC(=O)CC1=CCCCC1. The van der Waals surface area contributed by atoms with Crippen LogP contribution in [0.15, 0.2) is 11.6 Å². The van der Waals surface area contributed by atoms with E-state index < -0.39 is 0 Å². The first-order chi connectivity index (χ1) is 6.47. The Morgan fingerprint density at radius 1 is 1.36 bits per heavy atom. The molecule has 14 heavy (non-hydrogen) atoms. The molecular formula is C13H22O. The zero-order valence-electron chi connectivity index (χ0n) is 9.73. The van der Waals surface area contributed by atoms with Crippen LogP contribution in [0.1, 0.15) is 59.3 Å². The number of ketones is 1. The summed E-state index contributed by atoms with van der Waals surface area (Å²) in [5, 5.41) is 0. The molecule has 0 heterocycles. The Kier molecular flexibility index (Phi) is 3.91. The summed E-state index contributed by atoms with van der Waals surface area (Å²) in [5.41, 5.74) is 1.53. The van der Waals surface area contributed by atoms with Crippen LogP contribution in [0.25, 0.3) is 0 Å². The minimum absolute atomic E-state index is 0.145.